The third-order valence-corrected chi connectivity index (χ3v) is 5.23. The van der Waals surface area contributed by atoms with E-state index in [0.717, 1.165) is 12.1 Å². The summed E-state index contributed by atoms with van der Waals surface area (Å²) in [7, 11) is 1.51. The molecule has 1 N–H and O–H groups in total. The number of rotatable bonds is 5. The molecule has 29 heavy (non-hydrogen) atoms. The summed E-state index contributed by atoms with van der Waals surface area (Å²) in [6.45, 7) is 0. The number of methoxy groups -OCH3 is 1. The molecule has 0 radical (unpaired) electrons. The van der Waals surface area contributed by atoms with Crippen molar-refractivity contribution in [2.45, 2.75) is 0 Å². The summed E-state index contributed by atoms with van der Waals surface area (Å²) >= 11 is 1.28. The van der Waals surface area contributed by atoms with Gasteiger partial charge in [-0.05, 0) is 35.7 Å². The van der Waals surface area contributed by atoms with E-state index in [9.17, 15) is 18.4 Å². The van der Waals surface area contributed by atoms with E-state index in [-0.39, 0.29) is 17.0 Å². The molecule has 0 bridgehead atoms. The van der Waals surface area contributed by atoms with Gasteiger partial charge in [-0.25, -0.2) is 13.7 Å². The van der Waals surface area contributed by atoms with Gasteiger partial charge in [0.1, 0.15) is 23.1 Å². The monoisotopic (exact) mass is 412 g/mol. The number of imide groups is 1. The first kappa shape index (κ1) is 18.8. The maximum atomic E-state index is 14.3. The predicted octanol–water partition coefficient (Wildman–Crippen LogP) is 4.43. The lowest BCUT2D eigenvalue weighted by Gasteiger charge is -2.16. The largest absolute Gasteiger partial charge is 0.497 e. The fourth-order valence-electron chi connectivity index (χ4n) is 3.02. The molecule has 146 valence electrons. The first-order valence-corrected chi connectivity index (χ1v) is 9.40. The Labute approximate surface area is 168 Å². The van der Waals surface area contributed by atoms with Gasteiger partial charge in [-0.3, -0.25) is 9.59 Å². The topological polar surface area (TPSA) is 58.6 Å². The van der Waals surface area contributed by atoms with Crippen molar-refractivity contribution in [2.75, 3.05) is 17.3 Å². The normalized spacial score (nSPS) is 14.0. The third-order valence-electron chi connectivity index (χ3n) is 4.34. The van der Waals surface area contributed by atoms with Crippen LogP contribution in [-0.2, 0) is 9.59 Å². The van der Waals surface area contributed by atoms with Gasteiger partial charge in [0.2, 0.25) is 0 Å². The van der Waals surface area contributed by atoms with E-state index in [1.807, 2.05) is 0 Å². The molecule has 1 aliphatic rings. The summed E-state index contributed by atoms with van der Waals surface area (Å²) in [5.74, 6) is -2.65. The number of amides is 2. The van der Waals surface area contributed by atoms with Crippen molar-refractivity contribution in [1.82, 2.24) is 0 Å². The van der Waals surface area contributed by atoms with Crippen molar-refractivity contribution in [3.05, 3.63) is 82.2 Å². The number of nitrogens with zero attached hydrogens (tertiary/aromatic N) is 1. The average molecular weight is 412 g/mol. The van der Waals surface area contributed by atoms with Crippen molar-refractivity contribution in [1.29, 1.82) is 0 Å². The van der Waals surface area contributed by atoms with E-state index < -0.39 is 23.4 Å². The van der Waals surface area contributed by atoms with Crippen LogP contribution in [0.3, 0.4) is 0 Å². The second kappa shape index (κ2) is 7.48. The lowest BCUT2D eigenvalue weighted by Crippen LogP contribution is -2.33. The Hall–Kier alpha value is -3.52. The van der Waals surface area contributed by atoms with Gasteiger partial charge in [0, 0.05) is 22.7 Å². The van der Waals surface area contributed by atoms with Crippen molar-refractivity contribution < 1.29 is 23.1 Å². The highest BCUT2D eigenvalue weighted by Crippen LogP contribution is 2.36. The van der Waals surface area contributed by atoms with Gasteiger partial charge in [0.15, 0.2) is 0 Å². The first-order chi connectivity index (χ1) is 14.0. The van der Waals surface area contributed by atoms with Crippen LogP contribution in [0, 0.1) is 11.6 Å². The van der Waals surface area contributed by atoms with E-state index in [1.54, 1.807) is 41.8 Å². The zero-order valence-electron chi connectivity index (χ0n) is 15.1. The van der Waals surface area contributed by atoms with Crippen LogP contribution < -0.4 is 15.0 Å². The number of anilines is 2. The average Bonchev–Trinajstić information content (AvgIpc) is 3.30. The van der Waals surface area contributed by atoms with Crippen LogP contribution in [0.15, 0.2) is 65.7 Å². The summed E-state index contributed by atoms with van der Waals surface area (Å²) in [6.07, 6.45) is 0. The highest BCUT2D eigenvalue weighted by Gasteiger charge is 2.41. The third kappa shape index (κ3) is 3.38. The summed E-state index contributed by atoms with van der Waals surface area (Å²) in [5.41, 5.74) is 0.347. The van der Waals surface area contributed by atoms with Crippen molar-refractivity contribution in [3.63, 3.8) is 0 Å². The Kier molecular flexibility index (Phi) is 4.85. The maximum absolute atomic E-state index is 14.3. The molecule has 2 aromatic carbocycles. The lowest BCUT2D eigenvalue weighted by atomic mass is 10.2. The fourth-order valence-corrected chi connectivity index (χ4v) is 3.79. The van der Waals surface area contributed by atoms with E-state index >= 15 is 0 Å². The van der Waals surface area contributed by atoms with E-state index in [1.165, 1.54) is 18.4 Å². The highest BCUT2D eigenvalue weighted by molar-refractivity contribution is 7.11. The summed E-state index contributed by atoms with van der Waals surface area (Å²) in [4.78, 5) is 27.5. The van der Waals surface area contributed by atoms with Crippen molar-refractivity contribution in [3.8, 4) is 5.75 Å². The minimum absolute atomic E-state index is 0.00873. The van der Waals surface area contributed by atoms with Crippen LogP contribution in [0.4, 0.5) is 20.2 Å². The second-order valence-corrected chi connectivity index (χ2v) is 7.07. The molecule has 0 saturated carbocycles. The summed E-state index contributed by atoms with van der Waals surface area (Å²) < 4.78 is 32.8. The molecule has 5 nitrogen and oxygen atoms in total. The minimum Gasteiger partial charge on any atom is -0.497 e. The maximum Gasteiger partial charge on any atom is 0.282 e. The quantitative estimate of drug-likeness (QED) is 0.630. The highest BCUT2D eigenvalue weighted by atomic mass is 32.1. The van der Waals surface area contributed by atoms with Crippen molar-refractivity contribution in [2.24, 2.45) is 0 Å². The molecule has 4 rings (SSSR count). The van der Waals surface area contributed by atoms with E-state index in [4.69, 9.17) is 4.74 Å². The minimum atomic E-state index is -1.00. The van der Waals surface area contributed by atoms with E-state index in [2.05, 4.69) is 5.32 Å². The fraction of sp³-hybridized carbons (Fsp3) is 0.0476. The summed E-state index contributed by atoms with van der Waals surface area (Å²) in [5, 5.41) is 4.73. The van der Waals surface area contributed by atoms with Gasteiger partial charge in [-0.2, -0.15) is 0 Å². The Morgan fingerprint density at radius 3 is 2.52 bits per heavy atom. The number of hydrogen-bond donors (Lipinski definition) is 1. The molecule has 0 spiro atoms. The number of hydrogen-bond acceptors (Lipinski definition) is 5. The zero-order valence-corrected chi connectivity index (χ0v) is 15.9. The summed E-state index contributed by atoms with van der Waals surface area (Å²) in [6, 6.07) is 13.0. The van der Waals surface area contributed by atoms with Gasteiger partial charge in [0.05, 0.1) is 18.4 Å². The molecular weight excluding hydrogens is 398 g/mol. The molecule has 1 aromatic heterocycles. The molecule has 2 amide bonds. The number of benzene rings is 2. The zero-order chi connectivity index (χ0) is 20.5. The SMILES string of the molecule is COc1cccc(NC2=C(c3cccs3)C(=O)N(c3ccc(F)cc3F)C2=O)c1. The van der Waals surface area contributed by atoms with Crippen LogP contribution >= 0.6 is 11.3 Å². The van der Waals surface area contributed by atoms with Crippen molar-refractivity contribution >= 4 is 40.1 Å². The Morgan fingerprint density at radius 1 is 1.00 bits per heavy atom. The smallest absolute Gasteiger partial charge is 0.282 e. The van der Waals surface area contributed by atoms with Crippen LogP contribution in [0.25, 0.3) is 5.57 Å². The molecule has 1 aliphatic heterocycles. The van der Waals surface area contributed by atoms with Gasteiger partial charge < -0.3 is 10.1 Å². The number of carbonyl (C=O) groups excluding carboxylic acids is 2. The molecule has 3 aromatic rings. The molecule has 2 heterocycles. The Balaban J connectivity index is 1.80. The molecule has 0 fully saturated rings. The molecule has 8 heteroatoms. The second-order valence-electron chi connectivity index (χ2n) is 6.13. The van der Waals surface area contributed by atoms with Gasteiger partial charge >= 0.3 is 0 Å². The lowest BCUT2D eigenvalue weighted by molar-refractivity contribution is -0.120. The van der Waals surface area contributed by atoms with E-state index in [0.29, 0.717) is 27.3 Å². The molecule has 0 atom stereocenters. The molecule has 0 unspecified atom stereocenters. The van der Waals surface area contributed by atoms with Gasteiger partial charge in [-0.15, -0.1) is 11.3 Å². The number of carbonyl (C=O) groups is 2. The predicted molar refractivity (Wildman–Crippen MR) is 107 cm³/mol. The first-order valence-electron chi connectivity index (χ1n) is 8.52. The molecular formula is C21H14F2N2O3S. The number of ether oxygens (including phenoxy) is 1. The number of thiophene rings is 1. The molecule has 0 aliphatic carbocycles. The van der Waals surface area contributed by atoms with Crippen LogP contribution in [0.2, 0.25) is 0 Å². The van der Waals surface area contributed by atoms with Gasteiger partial charge in [0.25, 0.3) is 11.8 Å². The number of nitrogens with one attached hydrogen (secondary N) is 1. The Morgan fingerprint density at radius 2 is 1.83 bits per heavy atom. The van der Waals surface area contributed by atoms with Gasteiger partial charge in [-0.1, -0.05) is 12.1 Å². The number of halogens is 2. The molecule has 0 saturated heterocycles. The Bertz CT molecular complexity index is 1140. The van der Waals surface area contributed by atoms with Crippen LogP contribution in [0.5, 0.6) is 5.75 Å². The standard InChI is InChI=1S/C21H14F2N2O3S/c1-28-14-5-2-4-13(11-14)24-19-18(17-6-3-9-29-17)20(26)25(21(19)27)16-8-7-12(22)10-15(16)23/h2-11,24H,1H3. The van der Waals surface area contributed by atoms with Crippen LogP contribution in [0.1, 0.15) is 4.88 Å². The van der Waals surface area contributed by atoms with Crippen LogP contribution in [-0.4, -0.2) is 18.9 Å².